The van der Waals surface area contributed by atoms with Crippen LogP contribution in [0.2, 0.25) is 0 Å². The van der Waals surface area contributed by atoms with Crippen molar-refractivity contribution in [2.45, 2.75) is 40.0 Å². The van der Waals surface area contributed by atoms with E-state index in [4.69, 9.17) is 4.74 Å². The van der Waals surface area contributed by atoms with E-state index in [-0.39, 0.29) is 0 Å². The van der Waals surface area contributed by atoms with E-state index in [2.05, 4.69) is 54.9 Å². The molecule has 3 heteroatoms. The molecule has 0 saturated carbocycles. The highest BCUT2D eigenvalue weighted by Gasteiger charge is 2.10. The fourth-order valence-electron chi connectivity index (χ4n) is 2.27. The van der Waals surface area contributed by atoms with Crippen LogP contribution in [-0.4, -0.2) is 6.61 Å². The molecule has 2 aromatic rings. The van der Waals surface area contributed by atoms with Crippen LogP contribution in [0.1, 0.15) is 41.5 Å². The van der Waals surface area contributed by atoms with Gasteiger partial charge < -0.3 is 10.1 Å². The lowest BCUT2D eigenvalue weighted by Crippen LogP contribution is -2.18. The predicted molar refractivity (Wildman–Crippen MR) is 86.1 cm³/mol. The Bertz CT molecular complexity index is 535. The molecule has 1 aromatic heterocycles. The second-order valence-corrected chi connectivity index (χ2v) is 5.92. The van der Waals surface area contributed by atoms with Crippen molar-refractivity contribution in [1.82, 2.24) is 5.32 Å². The maximum absolute atomic E-state index is 5.53. The number of ether oxygens (including phenoxy) is 1. The Balaban J connectivity index is 1.98. The molecule has 0 aliphatic heterocycles. The van der Waals surface area contributed by atoms with E-state index in [9.17, 15) is 0 Å². The lowest BCUT2D eigenvalue weighted by Gasteiger charge is -2.16. The van der Waals surface area contributed by atoms with E-state index in [1.807, 2.05) is 18.3 Å². The van der Waals surface area contributed by atoms with Gasteiger partial charge in [-0.05, 0) is 48.9 Å². The number of aryl methyl sites for hydroxylation is 1. The van der Waals surface area contributed by atoms with Crippen molar-refractivity contribution in [3.8, 4) is 0 Å². The fraction of sp³-hybridized carbons (Fsp3) is 0.412. The highest BCUT2D eigenvalue weighted by Crippen LogP contribution is 2.24. The summed E-state index contributed by atoms with van der Waals surface area (Å²) in [5.41, 5.74) is 3.97. The molecule has 0 radical (unpaired) electrons. The van der Waals surface area contributed by atoms with Crippen molar-refractivity contribution in [1.29, 1.82) is 0 Å². The molecule has 0 bridgehead atoms. The smallest absolute Gasteiger partial charge is 0.0719 e. The first-order valence-electron chi connectivity index (χ1n) is 7.14. The molecule has 0 saturated heterocycles. The van der Waals surface area contributed by atoms with Gasteiger partial charge in [0.15, 0.2) is 0 Å². The van der Waals surface area contributed by atoms with Gasteiger partial charge >= 0.3 is 0 Å². The molecule has 0 fully saturated rings. The molecular formula is C17H23NOS. The van der Waals surface area contributed by atoms with Gasteiger partial charge in [0.1, 0.15) is 0 Å². The second kappa shape index (κ2) is 7.58. The minimum atomic E-state index is 0.384. The van der Waals surface area contributed by atoms with Crippen molar-refractivity contribution < 1.29 is 4.74 Å². The molecule has 2 nitrogen and oxygen atoms in total. The summed E-state index contributed by atoms with van der Waals surface area (Å²) < 4.78 is 5.53. The molecule has 1 aromatic carbocycles. The lowest BCUT2D eigenvalue weighted by atomic mass is 10.1. The molecule has 20 heavy (non-hydrogen) atoms. The van der Waals surface area contributed by atoms with Crippen LogP contribution in [0.5, 0.6) is 0 Å². The molecule has 1 atom stereocenters. The zero-order chi connectivity index (χ0) is 14.4. The maximum Gasteiger partial charge on any atom is 0.0719 e. The lowest BCUT2D eigenvalue weighted by molar-refractivity contribution is 0.133. The highest BCUT2D eigenvalue weighted by molar-refractivity contribution is 7.10. The SMILES string of the molecule is CCOCc1ccccc1CNC(C)c1sccc1C. The Labute approximate surface area is 125 Å². The van der Waals surface area contributed by atoms with E-state index in [1.165, 1.54) is 21.6 Å². The highest BCUT2D eigenvalue weighted by atomic mass is 32.1. The second-order valence-electron chi connectivity index (χ2n) is 4.98. The maximum atomic E-state index is 5.53. The third-order valence-corrected chi connectivity index (χ3v) is 4.68. The van der Waals surface area contributed by atoms with E-state index >= 15 is 0 Å². The number of benzene rings is 1. The quantitative estimate of drug-likeness (QED) is 0.813. The third kappa shape index (κ3) is 3.92. The fourth-order valence-corrected chi connectivity index (χ4v) is 3.23. The number of hydrogen-bond acceptors (Lipinski definition) is 3. The summed E-state index contributed by atoms with van der Waals surface area (Å²) in [6.45, 7) is 8.76. The summed E-state index contributed by atoms with van der Waals surface area (Å²) in [5, 5.41) is 5.77. The third-order valence-electron chi connectivity index (χ3n) is 3.47. The Morgan fingerprint density at radius 3 is 2.60 bits per heavy atom. The summed E-state index contributed by atoms with van der Waals surface area (Å²) in [6.07, 6.45) is 0. The van der Waals surface area contributed by atoms with Gasteiger partial charge in [0, 0.05) is 24.1 Å². The van der Waals surface area contributed by atoms with Crippen molar-refractivity contribution in [2.75, 3.05) is 6.61 Å². The summed E-state index contributed by atoms with van der Waals surface area (Å²) in [5.74, 6) is 0. The minimum Gasteiger partial charge on any atom is -0.377 e. The van der Waals surface area contributed by atoms with Crippen LogP contribution < -0.4 is 5.32 Å². The molecule has 1 heterocycles. The largest absolute Gasteiger partial charge is 0.377 e. The zero-order valence-corrected chi connectivity index (χ0v) is 13.3. The molecule has 1 N–H and O–H groups in total. The first kappa shape index (κ1) is 15.2. The zero-order valence-electron chi connectivity index (χ0n) is 12.5. The van der Waals surface area contributed by atoms with Crippen LogP contribution in [0.4, 0.5) is 0 Å². The average Bonchev–Trinajstić information content (AvgIpc) is 2.89. The average molecular weight is 289 g/mol. The monoisotopic (exact) mass is 289 g/mol. The molecule has 1 unspecified atom stereocenters. The van der Waals surface area contributed by atoms with Crippen LogP contribution in [0.3, 0.4) is 0 Å². The van der Waals surface area contributed by atoms with E-state index in [1.54, 1.807) is 0 Å². The van der Waals surface area contributed by atoms with Gasteiger partial charge in [-0.2, -0.15) is 0 Å². The van der Waals surface area contributed by atoms with Crippen LogP contribution in [-0.2, 0) is 17.9 Å². The number of thiophene rings is 1. The summed E-state index contributed by atoms with van der Waals surface area (Å²) in [6, 6.07) is 11.1. The number of rotatable bonds is 7. The van der Waals surface area contributed by atoms with Gasteiger partial charge in [-0.3, -0.25) is 0 Å². The van der Waals surface area contributed by atoms with Gasteiger partial charge in [-0.1, -0.05) is 24.3 Å². The van der Waals surface area contributed by atoms with Gasteiger partial charge in [-0.15, -0.1) is 11.3 Å². The molecule has 0 spiro atoms. The predicted octanol–water partition coefficient (Wildman–Crippen LogP) is 4.44. The van der Waals surface area contributed by atoms with Crippen LogP contribution in [0.15, 0.2) is 35.7 Å². The number of nitrogens with one attached hydrogen (secondary N) is 1. The summed E-state index contributed by atoms with van der Waals surface area (Å²) in [4.78, 5) is 1.42. The Morgan fingerprint density at radius 1 is 1.20 bits per heavy atom. The van der Waals surface area contributed by atoms with Crippen molar-refractivity contribution >= 4 is 11.3 Å². The molecule has 0 amide bonds. The van der Waals surface area contributed by atoms with Gasteiger partial charge in [0.05, 0.1) is 6.61 Å². The van der Waals surface area contributed by atoms with E-state index < -0.39 is 0 Å². The molecule has 2 rings (SSSR count). The van der Waals surface area contributed by atoms with Crippen LogP contribution >= 0.6 is 11.3 Å². The van der Waals surface area contributed by atoms with Gasteiger partial charge in [0.2, 0.25) is 0 Å². The van der Waals surface area contributed by atoms with E-state index in [0.717, 1.165) is 13.2 Å². The first-order valence-corrected chi connectivity index (χ1v) is 8.02. The number of hydrogen-bond donors (Lipinski definition) is 1. The topological polar surface area (TPSA) is 21.3 Å². The molecule has 0 aliphatic rings. The van der Waals surface area contributed by atoms with Crippen molar-refractivity contribution in [3.05, 3.63) is 57.3 Å². The molecule has 0 aliphatic carbocycles. The van der Waals surface area contributed by atoms with Gasteiger partial charge in [0.25, 0.3) is 0 Å². The molecular weight excluding hydrogens is 266 g/mol. The normalized spacial score (nSPS) is 12.6. The minimum absolute atomic E-state index is 0.384. The standard InChI is InChI=1S/C17H23NOS/c1-4-19-12-16-8-6-5-7-15(16)11-18-14(3)17-13(2)9-10-20-17/h5-10,14,18H,4,11-12H2,1-3H3. The van der Waals surface area contributed by atoms with Crippen molar-refractivity contribution in [2.24, 2.45) is 0 Å². The van der Waals surface area contributed by atoms with Crippen LogP contribution in [0, 0.1) is 6.92 Å². The Hall–Kier alpha value is -1.16. The summed E-state index contributed by atoms with van der Waals surface area (Å²) in [7, 11) is 0. The van der Waals surface area contributed by atoms with Crippen LogP contribution in [0.25, 0.3) is 0 Å². The summed E-state index contributed by atoms with van der Waals surface area (Å²) >= 11 is 1.82. The van der Waals surface area contributed by atoms with Gasteiger partial charge in [-0.25, -0.2) is 0 Å². The Kier molecular flexibility index (Phi) is 5.77. The van der Waals surface area contributed by atoms with Crippen molar-refractivity contribution in [3.63, 3.8) is 0 Å². The molecule has 108 valence electrons. The first-order chi connectivity index (χ1) is 9.72. The Morgan fingerprint density at radius 2 is 1.95 bits per heavy atom. The van der Waals surface area contributed by atoms with E-state index in [0.29, 0.717) is 12.6 Å².